The van der Waals surface area contributed by atoms with Crippen LogP contribution in [-0.2, 0) is 23.7 Å². The molecular weight excluding hydrogens is 485 g/mol. The van der Waals surface area contributed by atoms with E-state index in [4.69, 9.17) is 18.9 Å². The number of carbonyl (C=O) groups is 2. The summed E-state index contributed by atoms with van der Waals surface area (Å²) in [6.45, 7) is 5.97. The van der Waals surface area contributed by atoms with Crippen molar-refractivity contribution in [2.75, 3.05) is 37.8 Å². The van der Waals surface area contributed by atoms with Crippen LogP contribution in [0.1, 0.15) is 37.4 Å². The van der Waals surface area contributed by atoms with Crippen LogP contribution in [0.2, 0.25) is 0 Å². The number of halogens is 1. The molecule has 3 aromatic rings. The molecule has 0 saturated carbocycles. The number of carbonyl (C=O) groups excluding carboxylic acids is 2. The molecule has 0 aliphatic carbocycles. The highest BCUT2D eigenvalue weighted by atomic mass is 19.1. The van der Waals surface area contributed by atoms with Gasteiger partial charge in [-0.1, -0.05) is 18.2 Å². The highest BCUT2D eigenvalue weighted by molar-refractivity contribution is 5.89. The van der Waals surface area contributed by atoms with Gasteiger partial charge in [0.2, 0.25) is 0 Å². The number of hydrogen-bond donors (Lipinski definition) is 0. The third-order valence-electron chi connectivity index (χ3n) is 6.98. The van der Waals surface area contributed by atoms with Gasteiger partial charge in [-0.25, -0.2) is 24.1 Å². The Balaban J connectivity index is 1.47. The summed E-state index contributed by atoms with van der Waals surface area (Å²) in [5.41, 5.74) is -2.85. The van der Waals surface area contributed by atoms with Gasteiger partial charge in [0, 0.05) is 20.0 Å². The number of aromatic nitrogens is 4. The Labute approximate surface area is 212 Å². The molecule has 0 amide bonds. The van der Waals surface area contributed by atoms with Crippen LogP contribution >= 0.6 is 0 Å². The van der Waals surface area contributed by atoms with Crippen molar-refractivity contribution in [1.82, 2.24) is 19.5 Å². The van der Waals surface area contributed by atoms with Gasteiger partial charge < -0.3 is 23.8 Å². The van der Waals surface area contributed by atoms with E-state index >= 15 is 4.39 Å². The lowest BCUT2D eigenvalue weighted by Crippen LogP contribution is -2.55. The molecule has 0 N–H and O–H groups in total. The Morgan fingerprint density at radius 3 is 2.57 bits per heavy atom. The fraction of sp³-hybridized carbons (Fsp3) is 0.480. The van der Waals surface area contributed by atoms with Crippen molar-refractivity contribution in [2.45, 2.75) is 44.4 Å². The first-order valence-electron chi connectivity index (χ1n) is 12.0. The average molecular weight is 514 g/mol. The second kappa shape index (κ2) is 9.67. The first kappa shape index (κ1) is 25.0. The summed E-state index contributed by atoms with van der Waals surface area (Å²) in [7, 11) is 0. The van der Waals surface area contributed by atoms with E-state index < -0.39 is 35.5 Å². The van der Waals surface area contributed by atoms with E-state index in [1.54, 1.807) is 30.3 Å². The summed E-state index contributed by atoms with van der Waals surface area (Å²) >= 11 is 0. The molecule has 0 unspecified atom stereocenters. The van der Waals surface area contributed by atoms with Crippen LogP contribution in [0.15, 0.2) is 43.0 Å². The molecule has 0 bridgehead atoms. The monoisotopic (exact) mass is 513 g/mol. The maximum atomic E-state index is 16.7. The molecule has 37 heavy (non-hydrogen) atoms. The number of alkyl halides is 1. The minimum atomic E-state index is -2.25. The van der Waals surface area contributed by atoms with Gasteiger partial charge in [-0.2, -0.15) is 0 Å². The lowest BCUT2D eigenvalue weighted by molar-refractivity contribution is -0.175. The number of ether oxygens (including phenoxy) is 4. The minimum Gasteiger partial charge on any atom is -0.459 e. The predicted molar refractivity (Wildman–Crippen MR) is 129 cm³/mol. The van der Waals surface area contributed by atoms with Gasteiger partial charge in [0.1, 0.15) is 19.0 Å². The number of esters is 2. The zero-order chi connectivity index (χ0) is 26.2. The van der Waals surface area contributed by atoms with E-state index in [0.29, 0.717) is 48.8 Å². The van der Waals surface area contributed by atoms with Crippen molar-refractivity contribution in [3.05, 3.63) is 48.5 Å². The summed E-state index contributed by atoms with van der Waals surface area (Å²) in [5, 5.41) is 0. The van der Waals surface area contributed by atoms with Crippen molar-refractivity contribution in [2.24, 2.45) is 0 Å². The Kier molecular flexibility index (Phi) is 6.54. The van der Waals surface area contributed by atoms with E-state index in [-0.39, 0.29) is 6.61 Å². The molecule has 2 aliphatic rings. The third-order valence-corrected chi connectivity index (χ3v) is 6.98. The normalized spacial score (nSPS) is 27.8. The molecule has 11 nitrogen and oxygen atoms in total. The smallest absolute Gasteiger partial charge is 0.338 e. The molecule has 5 rings (SSSR count). The molecule has 2 aromatic heterocycles. The average Bonchev–Trinajstić information content (AvgIpc) is 3.39. The number of hydrogen-bond acceptors (Lipinski definition) is 10. The zero-order valence-electron chi connectivity index (χ0n) is 20.8. The molecule has 4 heterocycles. The number of anilines is 1. The second-order valence-corrected chi connectivity index (χ2v) is 9.34. The summed E-state index contributed by atoms with van der Waals surface area (Å²) in [5.74, 6) is -0.682. The van der Waals surface area contributed by atoms with Crippen LogP contribution < -0.4 is 4.90 Å². The Morgan fingerprint density at radius 2 is 1.86 bits per heavy atom. The number of morpholine rings is 1. The van der Waals surface area contributed by atoms with E-state index in [1.165, 1.54) is 38.0 Å². The van der Waals surface area contributed by atoms with Gasteiger partial charge in [0.25, 0.3) is 0 Å². The minimum absolute atomic E-state index is 0.335. The maximum absolute atomic E-state index is 16.7. The van der Waals surface area contributed by atoms with Gasteiger partial charge in [-0.05, 0) is 26.0 Å². The number of rotatable bonds is 6. The van der Waals surface area contributed by atoms with Gasteiger partial charge in [0.15, 0.2) is 34.5 Å². The fourth-order valence-corrected chi connectivity index (χ4v) is 4.79. The van der Waals surface area contributed by atoms with Crippen molar-refractivity contribution >= 4 is 28.9 Å². The van der Waals surface area contributed by atoms with Gasteiger partial charge in [0.05, 0.1) is 25.1 Å². The molecule has 12 heteroatoms. The predicted octanol–water partition coefficient (Wildman–Crippen LogP) is 2.47. The quantitative estimate of drug-likeness (QED) is 0.455. The van der Waals surface area contributed by atoms with Crippen molar-refractivity contribution in [3.8, 4) is 0 Å². The van der Waals surface area contributed by atoms with Gasteiger partial charge in [-0.3, -0.25) is 9.36 Å². The summed E-state index contributed by atoms with van der Waals surface area (Å²) in [6, 6.07) is 8.40. The van der Waals surface area contributed by atoms with Crippen LogP contribution in [0.3, 0.4) is 0 Å². The van der Waals surface area contributed by atoms with Crippen LogP contribution in [0, 0.1) is 0 Å². The van der Waals surface area contributed by atoms with Crippen LogP contribution in [0.5, 0.6) is 0 Å². The van der Waals surface area contributed by atoms with E-state index in [2.05, 4.69) is 15.0 Å². The number of benzene rings is 1. The van der Waals surface area contributed by atoms with Gasteiger partial charge >= 0.3 is 11.9 Å². The van der Waals surface area contributed by atoms with Crippen LogP contribution in [0.25, 0.3) is 11.2 Å². The molecular formula is C25H28FN5O6. The SMILES string of the molecule is CC(=O)O[C@]1(C)[C@@H](COC(=O)c2ccccc2)O[C@@H](n2cnc3c(N4CCOCC4)ncnc32)[C@]1(C)F. The maximum Gasteiger partial charge on any atom is 0.338 e. The van der Waals surface area contributed by atoms with Crippen molar-refractivity contribution < 1.29 is 32.9 Å². The summed E-state index contributed by atoms with van der Waals surface area (Å²) in [4.78, 5) is 39.8. The van der Waals surface area contributed by atoms with Crippen LogP contribution in [0.4, 0.5) is 10.2 Å². The molecule has 4 atom stereocenters. The largest absolute Gasteiger partial charge is 0.459 e. The fourth-order valence-electron chi connectivity index (χ4n) is 4.79. The molecule has 0 radical (unpaired) electrons. The lowest BCUT2D eigenvalue weighted by Gasteiger charge is -2.36. The lowest BCUT2D eigenvalue weighted by atomic mass is 9.84. The van der Waals surface area contributed by atoms with E-state index in [0.717, 1.165) is 0 Å². The number of fused-ring (bicyclic) bond motifs is 1. The van der Waals surface area contributed by atoms with E-state index in [9.17, 15) is 9.59 Å². The second-order valence-electron chi connectivity index (χ2n) is 9.34. The van der Waals surface area contributed by atoms with Crippen LogP contribution in [-0.4, -0.2) is 81.7 Å². The number of imidazole rings is 1. The topological polar surface area (TPSA) is 118 Å². The molecule has 2 aliphatic heterocycles. The highest BCUT2D eigenvalue weighted by Crippen LogP contribution is 2.51. The Morgan fingerprint density at radius 1 is 1.14 bits per heavy atom. The van der Waals surface area contributed by atoms with Crippen molar-refractivity contribution in [1.29, 1.82) is 0 Å². The number of nitrogens with zero attached hydrogens (tertiary/aromatic N) is 5. The van der Waals surface area contributed by atoms with Crippen molar-refractivity contribution in [3.63, 3.8) is 0 Å². The zero-order valence-corrected chi connectivity index (χ0v) is 20.8. The Bertz CT molecular complexity index is 1300. The third kappa shape index (κ3) is 4.40. The molecule has 196 valence electrons. The highest BCUT2D eigenvalue weighted by Gasteiger charge is 2.66. The molecule has 2 saturated heterocycles. The molecule has 2 fully saturated rings. The molecule has 0 spiro atoms. The molecule has 1 aromatic carbocycles. The van der Waals surface area contributed by atoms with E-state index in [1.807, 2.05) is 4.90 Å². The summed E-state index contributed by atoms with van der Waals surface area (Å²) < 4.78 is 40.6. The van der Waals surface area contributed by atoms with Gasteiger partial charge in [-0.15, -0.1) is 0 Å². The Hall–Kier alpha value is -3.64. The summed E-state index contributed by atoms with van der Waals surface area (Å²) in [6.07, 6.45) is 0.426. The first-order valence-corrected chi connectivity index (χ1v) is 12.0. The first-order chi connectivity index (χ1) is 17.7. The standard InChI is InChI=1S/C25H28FN5O6/c1-16(32)37-25(3)18(13-35-22(33)17-7-5-4-6-8-17)36-23(24(25,2)26)31-15-29-19-20(27-14-28-21(19)31)30-9-11-34-12-10-30/h4-8,14-15,18,23H,9-13H2,1-3H3/t18-,23-,24+,25-/m1/s1.